The lowest BCUT2D eigenvalue weighted by Gasteiger charge is -2.14. The van der Waals surface area contributed by atoms with E-state index in [0.717, 1.165) is 32.2 Å². The van der Waals surface area contributed by atoms with E-state index in [-0.39, 0.29) is 11.9 Å². The molecule has 1 amide bonds. The number of unbranched alkanes of at least 4 members (excludes halogenated alkanes) is 2. The smallest absolute Gasteiger partial charge is 0.234 e. The van der Waals surface area contributed by atoms with Gasteiger partial charge in [-0.15, -0.1) is 11.3 Å². The third-order valence-electron chi connectivity index (χ3n) is 2.54. The number of carbonyl (C=O) groups is 1. The average Bonchev–Trinajstić information content (AvgIpc) is 2.75. The SMILES string of the molecule is CCCCCC(NCc1cccs1)C(N)=O. The second-order valence-corrected chi connectivity index (χ2v) is 4.94. The van der Waals surface area contributed by atoms with Crippen molar-refractivity contribution in [2.75, 3.05) is 0 Å². The van der Waals surface area contributed by atoms with Gasteiger partial charge in [0.1, 0.15) is 0 Å². The number of primary amides is 1. The van der Waals surface area contributed by atoms with Gasteiger partial charge in [0.25, 0.3) is 0 Å². The van der Waals surface area contributed by atoms with Crippen molar-refractivity contribution in [2.45, 2.75) is 45.2 Å². The van der Waals surface area contributed by atoms with Crippen LogP contribution in [0.15, 0.2) is 17.5 Å². The second-order valence-electron chi connectivity index (χ2n) is 3.91. The molecular weight excluding hydrogens is 220 g/mol. The Hall–Kier alpha value is -0.870. The highest BCUT2D eigenvalue weighted by Crippen LogP contribution is 2.09. The molecule has 16 heavy (non-hydrogen) atoms. The lowest BCUT2D eigenvalue weighted by atomic mass is 10.1. The summed E-state index contributed by atoms with van der Waals surface area (Å²) >= 11 is 1.69. The maximum atomic E-state index is 11.2. The molecule has 0 saturated heterocycles. The van der Waals surface area contributed by atoms with E-state index in [1.807, 2.05) is 11.4 Å². The normalized spacial score (nSPS) is 12.6. The number of rotatable bonds is 8. The summed E-state index contributed by atoms with van der Waals surface area (Å²) in [6.07, 6.45) is 4.22. The number of nitrogens with two attached hydrogens (primary N) is 1. The van der Waals surface area contributed by atoms with Crippen LogP contribution in [0.4, 0.5) is 0 Å². The van der Waals surface area contributed by atoms with Gasteiger partial charge < -0.3 is 11.1 Å². The van der Waals surface area contributed by atoms with Crippen molar-refractivity contribution in [1.82, 2.24) is 5.32 Å². The molecule has 3 nitrogen and oxygen atoms in total. The topological polar surface area (TPSA) is 55.1 Å². The van der Waals surface area contributed by atoms with Crippen LogP contribution >= 0.6 is 11.3 Å². The van der Waals surface area contributed by atoms with Crippen molar-refractivity contribution in [3.8, 4) is 0 Å². The Morgan fingerprint density at radius 3 is 2.94 bits per heavy atom. The highest BCUT2D eigenvalue weighted by Gasteiger charge is 2.13. The summed E-state index contributed by atoms with van der Waals surface area (Å²) in [6, 6.07) is 3.88. The van der Waals surface area contributed by atoms with E-state index < -0.39 is 0 Å². The molecule has 1 aromatic heterocycles. The summed E-state index contributed by atoms with van der Waals surface area (Å²) < 4.78 is 0. The van der Waals surface area contributed by atoms with Crippen LogP contribution in [0.5, 0.6) is 0 Å². The zero-order chi connectivity index (χ0) is 11.8. The Morgan fingerprint density at radius 2 is 2.38 bits per heavy atom. The maximum Gasteiger partial charge on any atom is 0.234 e. The molecular formula is C12H20N2OS. The largest absolute Gasteiger partial charge is 0.368 e. The van der Waals surface area contributed by atoms with Gasteiger partial charge in [0, 0.05) is 11.4 Å². The summed E-state index contributed by atoms with van der Waals surface area (Å²) in [5, 5.41) is 5.25. The number of carbonyl (C=O) groups excluding carboxylic acids is 1. The summed E-state index contributed by atoms with van der Waals surface area (Å²) in [4.78, 5) is 12.5. The first kappa shape index (κ1) is 13.2. The highest BCUT2D eigenvalue weighted by atomic mass is 32.1. The lowest BCUT2D eigenvalue weighted by Crippen LogP contribution is -2.40. The van der Waals surface area contributed by atoms with Gasteiger partial charge in [-0.05, 0) is 17.9 Å². The van der Waals surface area contributed by atoms with Crippen molar-refractivity contribution < 1.29 is 4.79 Å². The molecule has 0 radical (unpaired) electrons. The number of hydrogen-bond donors (Lipinski definition) is 2. The van der Waals surface area contributed by atoms with Gasteiger partial charge in [-0.1, -0.05) is 32.3 Å². The van der Waals surface area contributed by atoms with Crippen LogP contribution in [0.1, 0.15) is 37.5 Å². The monoisotopic (exact) mass is 240 g/mol. The molecule has 0 bridgehead atoms. The van der Waals surface area contributed by atoms with Gasteiger partial charge in [-0.3, -0.25) is 4.79 Å². The van der Waals surface area contributed by atoms with Crippen LogP contribution in [0.25, 0.3) is 0 Å². The molecule has 0 aliphatic rings. The average molecular weight is 240 g/mol. The van der Waals surface area contributed by atoms with E-state index in [0.29, 0.717) is 0 Å². The molecule has 1 atom stereocenters. The maximum absolute atomic E-state index is 11.2. The first-order valence-corrected chi connectivity index (χ1v) is 6.67. The molecule has 0 aromatic carbocycles. The lowest BCUT2D eigenvalue weighted by molar-refractivity contribution is -0.120. The highest BCUT2D eigenvalue weighted by molar-refractivity contribution is 7.09. The van der Waals surface area contributed by atoms with Gasteiger partial charge in [-0.2, -0.15) is 0 Å². The van der Waals surface area contributed by atoms with Crippen molar-refractivity contribution >= 4 is 17.2 Å². The minimum Gasteiger partial charge on any atom is -0.368 e. The van der Waals surface area contributed by atoms with E-state index in [1.165, 1.54) is 4.88 Å². The summed E-state index contributed by atoms with van der Waals surface area (Å²) in [5.74, 6) is -0.243. The zero-order valence-corrected chi connectivity index (χ0v) is 10.6. The Labute approximate surface area is 101 Å². The fourth-order valence-electron chi connectivity index (χ4n) is 1.58. The van der Waals surface area contributed by atoms with Crippen molar-refractivity contribution in [2.24, 2.45) is 5.73 Å². The van der Waals surface area contributed by atoms with Crippen LogP contribution in [0.3, 0.4) is 0 Å². The second kappa shape index (κ2) is 7.41. The molecule has 1 aromatic rings. The molecule has 0 fully saturated rings. The fraction of sp³-hybridized carbons (Fsp3) is 0.583. The molecule has 0 aliphatic heterocycles. The predicted octanol–water partition coefficient (Wildman–Crippen LogP) is 2.27. The van der Waals surface area contributed by atoms with E-state index in [1.54, 1.807) is 11.3 Å². The van der Waals surface area contributed by atoms with Crippen LogP contribution in [0, 0.1) is 0 Å². The summed E-state index contributed by atoms with van der Waals surface area (Å²) in [7, 11) is 0. The summed E-state index contributed by atoms with van der Waals surface area (Å²) in [5.41, 5.74) is 5.36. The van der Waals surface area contributed by atoms with E-state index in [9.17, 15) is 4.79 Å². The van der Waals surface area contributed by atoms with E-state index in [4.69, 9.17) is 5.73 Å². The third-order valence-corrected chi connectivity index (χ3v) is 3.42. The fourth-order valence-corrected chi connectivity index (χ4v) is 2.24. The summed E-state index contributed by atoms with van der Waals surface area (Å²) in [6.45, 7) is 2.88. The van der Waals surface area contributed by atoms with Gasteiger partial charge >= 0.3 is 0 Å². The van der Waals surface area contributed by atoms with Crippen molar-refractivity contribution in [3.63, 3.8) is 0 Å². The van der Waals surface area contributed by atoms with Crippen molar-refractivity contribution in [1.29, 1.82) is 0 Å². The van der Waals surface area contributed by atoms with Gasteiger partial charge in [-0.25, -0.2) is 0 Å². The molecule has 1 heterocycles. The number of thiophene rings is 1. The molecule has 4 heteroatoms. The van der Waals surface area contributed by atoms with Crippen LogP contribution in [0.2, 0.25) is 0 Å². The quantitative estimate of drug-likeness (QED) is 0.685. The Bertz CT molecular complexity index is 298. The van der Waals surface area contributed by atoms with Crippen LogP contribution < -0.4 is 11.1 Å². The van der Waals surface area contributed by atoms with Gasteiger partial charge in [0.05, 0.1) is 6.04 Å². The standard InChI is InChI=1S/C12H20N2OS/c1-2-3-4-7-11(12(13)15)14-9-10-6-5-8-16-10/h5-6,8,11,14H,2-4,7,9H2,1H3,(H2,13,15). The van der Waals surface area contributed by atoms with E-state index >= 15 is 0 Å². The number of nitrogens with one attached hydrogen (secondary N) is 1. The predicted molar refractivity (Wildman–Crippen MR) is 68.3 cm³/mol. The Balaban J connectivity index is 2.30. The molecule has 90 valence electrons. The van der Waals surface area contributed by atoms with Crippen molar-refractivity contribution in [3.05, 3.63) is 22.4 Å². The molecule has 3 N–H and O–H groups in total. The molecule has 1 unspecified atom stereocenters. The van der Waals surface area contributed by atoms with Crippen LogP contribution in [-0.2, 0) is 11.3 Å². The van der Waals surface area contributed by atoms with E-state index in [2.05, 4.69) is 18.3 Å². The minimum absolute atomic E-state index is 0.186. The molecule has 0 spiro atoms. The minimum atomic E-state index is -0.243. The van der Waals surface area contributed by atoms with Crippen LogP contribution in [-0.4, -0.2) is 11.9 Å². The zero-order valence-electron chi connectivity index (χ0n) is 9.74. The molecule has 0 saturated carbocycles. The van der Waals surface area contributed by atoms with Gasteiger partial charge in [0.2, 0.25) is 5.91 Å². The van der Waals surface area contributed by atoms with Gasteiger partial charge in [0.15, 0.2) is 0 Å². The first-order chi connectivity index (χ1) is 7.74. The number of amides is 1. The number of hydrogen-bond acceptors (Lipinski definition) is 3. The Morgan fingerprint density at radius 1 is 1.56 bits per heavy atom. The molecule has 0 aliphatic carbocycles. The molecule has 1 rings (SSSR count). The Kier molecular flexibility index (Phi) is 6.11. The first-order valence-electron chi connectivity index (χ1n) is 5.79. The third kappa shape index (κ3) is 4.77.